The van der Waals surface area contributed by atoms with Gasteiger partial charge in [0.2, 0.25) is 0 Å². The average molecular weight is 469 g/mol. The quantitative estimate of drug-likeness (QED) is 0.559. The van der Waals surface area contributed by atoms with Crippen LogP contribution >= 0.6 is 23.2 Å². The lowest BCUT2D eigenvalue weighted by molar-refractivity contribution is 0.312. The molecule has 0 radical (unpaired) electrons. The molecule has 32 heavy (non-hydrogen) atoms. The first-order chi connectivity index (χ1) is 15.6. The summed E-state index contributed by atoms with van der Waals surface area (Å²) in [6.07, 6.45) is 5.71. The number of hydrogen-bond acceptors (Lipinski definition) is 6. The summed E-state index contributed by atoms with van der Waals surface area (Å²) in [6.45, 7) is 5.57. The largest absolute Gasteiger partial charge is 0.354 e. The van der Waals surface area contributed by atoms with Gasteiger partial charge in [-0.2, -0.15) is 0 Å². The van der Waals surface area contributed by atoms with Crippen LogP contribution in [0.3, 0.4) is 0 Å². The Morgan fingerprint density at radius 1 is 0.969 bits per heavy atom. The molecule has 5 rings (SSSR count). The predicted molar refractivity (Wildman–Crippen MR) is 131 cm³/mol. The maximum atomic E-state index is 6.44. The van der Waals surface area contributed by atoms with Crippen LogP contribution in [0.15, 0.2) is 42.7 Å². The number of anilines is 2. The topological polar surface area (TPSA) is 48.4 Å². The van der Waals surface area contributed by atoms with E-state index in [1.54, 1.807) is 0 Å². The van der Waals surface area contributed by atoms with Crippen LogP contribution in [0.4, 0.5) is 11.6 Å². The first kappa shape index (κ1) is 21.4. The van der Waals surface area contributed by atoms with Gasteiger partial charge in [-0.25, -0.2) is 9.97 Å². The van der Waals surface area contributed by atoms with Gasteiger partial charge in [-0.3, -0.25) is 4.98 Å². The van der Waals surface area contributed by atoms with E-state index in [1.807, 2.05) is 36.7 Å². The van der Waals surface area contributed by atoms with Gasteiger partial charge in [-0.05, 0) is 44.2 Å². The molecule has 0 amide bonds. The van der Waals surface area contributed by atoms with Gasteiger partial charge < -0.3 is 14.7 Å². The minimum atomic E-state index is 0.618. The van der Waals surface area contributed by atoms with E-state index >= 15 is 0 Å². The van der Waals surface area contributed by atoms with Gasteiger partial charge in [0.05, 0.1) is 17.6 Å². The number of fused-ring (bicyclic) bond motifs is 1. The van der Waals surface area contributed by atoms with E-state index in [-0.39, 0.29) is 0 Å². The Morgan fingerprint density at radius 2 is 1.75 bits per heavy atom. The highest BCUT2D eigenvalue weighted by Crippen LogP contribution is 2.32. The zero-order valence-corrected chi connectivity index (χ0v) is 19.6. The number of hydrogen-bond donors (Lipinski definition) is 0. The van der Waals surface area contributed by atoms with Crippen LogP contribution in [-0.4, -0.2) is 59.6 Å². The minimum Gasteiger partial charge on any atom is -0.354 e. The van der Waals surface area contributed by atoms with Crippen molar-refractivity contribution in [1.29, 1.82) is 0 Å². The molecule has 1 saturated heterocycles. The summed E-state index contributed by atoms with van der Waals surface area (Å²) in [5, 5.41) is 1.36. The number of likely N-dealkylation sites (N-methyl/N-ethyl adjacent to an activating group) is 1. The lowest BCUT2D eigenvalue weighted by Gasteiger charge is -2.33. The minimum absolute atomic E-state index is 0.618. The van der Waals surface area contributed by atoms with E-state index in [0.29, 0.717) is 16.6 Å². The van der Waals surface area contributed by atoms with Crippen molar-refractivity contribution in [2.75, 3.05) is 49.6 Å². The van der Waals surface area contributed by atoms with E-state index in [1.165, 1.54) is 0 Å². The van der Waals surface area contributed by atoms with Gasteiger partial charge in [-0.15, -0.1) is 0 Å². The van der Waals surface area contributed by atoms with Crippen LogP contribution in [0.5, 0.6) is 0 Å². The Balaban J connectivity index is 1.44. The first-order valence-electron chi connectivity index (χ1n) is 11.0. The van der Waals surface area contributed by atoms with Crippen molar-refractivity contribution >= 4 is 34.8 Å². The van der Waals surface area contributed by atoms with Gasteiger partial charge in [0.25, 0.3) is 0 Å². The molecule has 166 valence electrons. The van der Waals surface area contributed by atoms with Crippen molar-refractivity contribution in [2.24, 2.45) is 0 Å². The van der Waals surface area contributed by atoms with Gasteiger partial charge in [0.15, 0.2) is 5.82 Å². The number of halogens is 2. The summed E-state index contributed by atoms with van der Waals surface area (Å²) in [4.78, 5) is 21.3. The second-order valence-corrected chi connectivity index (χ2v) is 9.26. The molecule has 2 aromatic heterocycles. The third kappa shape index (κ3) is 4.40. The Morgan fingerprint density at radius 3 is 2.53 bits per heavy atom. The van der Waals surface area contributed by atoms with Crippen molar-refractivity contribution in [3.8, 4) is 11.3 Å². The van der Waals surface area contributed by atoms with E-state index in [4.69, 9.17) is 33.2 Å². The highest BCUT2D eigenvalue weighted by molar-refractivity contribution is 6.36. The first-order valence-corrected chi connectivity index (χ1v) is 11.8. The molecule has 0 spiro atoms. The number of rotatable bonds is 4. The van der Waals surface area contributed by atoms with Crippen molar-refractivity contribution in [2.45, 2.75) is 19.4 Å². The third-order valence-corrected chi connectivity index (χ3v) is 6.96. The Hall–Kier alpha value is -2.41. The molecule has 0 bridgehead atoms. The Labute approximate surface area is 198 Å². The lowest BCUT2D eigenvalue weighted by Crippen LogP contribution is -2.44. The van der Waals surface area contributed by atoms with E-state index in [9.17, 15) is 0 Å². The molecule has 1 aromatic carbocycles. The third-order valence-electron chi connectivity index (χ3n) is 6.25. The number of aromatic nitrogens is 3. The molecular formula is C24H26Cl2N6. The van der Waals surface area contributed by atoms with Crippen LogP contribution < -0.4 is 9.80 Å². The fourth-order valence-corrected chi connectivity index (χ4v) is 4.85. The van der Waals surface area contributed by atoms with Crippen LogP contribution in [0.25, 0.3) is 11.3 Å². The summed E-state index contributed by atoms with van der Waals surface area (Å²) in [5.74, 6) is 1.91. The number of aryl methyl sites for hydroxylation is 1. The fourth-order valence-electron chi connectivity index (χ4n) is 4.33. The molecule has 0 unspecified atom stereocenters. The maximum absolute atomic E-state index is 6.44. The second-order valence-electron chi connectivity index (χ2n) is 8.44. The smallest absolute Gasteiger partial charge is 0.151 e. The maximum Gasteiger partial charge on any atom is 0.151 e. The fraction of sp³-hybridized carbons (Fsp3) is 0.375. The molecular weight excluding hydrogens is 443 g/mol. The average Bonchev–Trinajstić information content (AvgIpc) is 2.82. The van der Waals surface area contributed by atoms with Gasteiger partial charge in [-0.1, -0.05) is 29.3 Å². The molecule has 2 aliphatic heterocycles. The SMILES string of the molecule is CN1CCN(c2cc(-c3cnc4c(n3)N(Cc3c(Cl)cccc3Cl)CCC4)ccn2)CC1. The normalized spacial score (nSPS) is 16.8. The summed E-state index contributed by atoms with van der Waals surface area (Å²) in [5.41, 5.74) is 3.85. The Kier molecular flexibility index (Phi) is 6.17. The molecule has 1 fully saturated rings. The number of piperazine rings is 1. The number of nitrogens with zero attached hydrogens (tertiary/aromatic N) is 6. The van der Waals surface area contributed by atoms with Crippen LogP contribution in [0, 0.1) is 0 Å². The van der Waals surface area contributed by atoms with Gasteiger partial charge >= 0.3 is 0 Å². The van der Waals surface area contributed by atoms with E-state index in [0.717, 1.165) is 79.7 Å². The number of benzene rings is 1. The summed E-state index contributed by atoms with van der Waals surface area (Å²) in [7, 11) is 2.16. The van der Waals surface area contributed by atoms with Crippen molar-refractivity contribution in [3.05, 3.63) is 64.0 Å². The molecule has 0 N–H and O–H groups in total. The highest BCUT2D eigenvalue weighted by atomic mass is 35.5. The summed E-state index contributed by atoms with van der Waals surface area (Å²) in [6, 6.07) is 9.77. The molecule has 0 saturated carbocycles. The van der Waals surface area contributed by atoms with Crippen LogP contribution in [0.2, 0.25) is 10.0 Å². The zero-order chi connectivity index (χ0) is 22.1. The molecule has 2 aliphatic rings. The van der Waals surface area contributed by atoms with Crippen LogP contribution in [-0.2, 0) is 13.0 Å². The molecule has 8 heteroatoms. The molecule has 0 aliphatic carbocycles. The summed E-state index contributed by atoms with van der Waals surface area (Å²) < 4.78 is 0. The van der Waals surface area contributed by atoms with Crippen LogP contribution in [0.1, 0.15) is 17.7 Å². The Bertz CT molecular complexity index is 1090. The van der Waals surface area contributed by atoms with Gasteiger partial charge in [0, 0.05) is 66.6 Å². The molecule has 3 aromatic rings. The predicted octanol–water partition coefficient (Wildman–Crippen LogP) is 4.55. The lowest BCUT2D eigenvalue weighted by atomic mass is 10.1. The summed E-state index contributed by atoms with van der Waals surface area (Å²) >= 11 is 12.9. The number of pyridine rings is 1. The van der Waals surface area contributed by atoms with Crippen molar-refractivity contribution in [3.63, 3.8) is 0 Å². The van der Waals surface area contributed by atoms with Crippen molar-refractivity contribution < 1.29 is 0 Å². The monoisotopic (exact) mass is 468 g/mol. The zero-order valence-electron chi connectivity index (χ0n) is 18.1. The highest BCUT2D eigenvalue weighted by Gasteiger charge is 2.23. The second kappa shape index (κ2) is 9.22. The standard InChI is InChI=1S/C24H26Cl2N6/c1-30-10-12-31(13-11-30)23-14-17(7-8-27-23)22-15-28-21-6-3-9-32(24(21)29-22)16-18-19(25)4-2-5-20(18)26/h2,4-5,7-8,14-15H,3,6,9-13,16H2,1H3. The molecule has 6 nitrogen and oxygen atoms in total. The molecule has 0 atom stereocenters. The van der Waals surface area contributed by atoms with Crippen molar-refractivity contribution in [1.82, 2.24) is 19.9 Å². The van der Waals surface area contributed by atoms with E-state index in [2.05, 4.69) is 32.8 Å². The van der Waals surface area contributed by atoms with E-state index < -0.39 is 0 Å². The van der Waals surface area contributed by atoms with Gasteiger partial charge in [0.1, 0.15) is 5.82 Å². The molecule has 4 heterocycles.